The quantitative estimate of drug-likeness (QED) is 0.633. The molecule has 0 bridgehead atoms. The largest absolute Gasteiger partial charge is 0.366 e. The fraction of sp³-hybridized carbons (Fsp3) is 0.316. The molecule has 0 aliphatic carbocycles. The number of nitro groups is 1. The van der Waals surface area contributed by atoms with Gasteiger partial charge < -0.3 is 5.73 Å². The van der Waals surface area contributed by atoms with Crippen LogP contribution >= 0.6 is 0 Å². The van der Waals surface area contributed by atoms with E-state index in [4.69, 9.17) is 5.73 Å². The number of piperazine rings is 1. The summed E-state index contributed by atoms with van der Waals surface area (Å²) in [4.78, 5) is 26.7. The molecular formula is C19H22N4O3. The van der Waals surface area contributed by atoms with Gasteiger partial charge in [0.1, 0.15) is 0 Å². The second-order valence-electron chi connectivity index (χ2n) is 6.50. The number of benzene rings is 2. The van der Waals surface area contributed by atoms with Crippen LogP contribution in [0.5, 0.6) is 0 Å². The molecule has 0 atom stereocenters. The Labute approximate surface area is 152 Å². The summed E-state index contributed by atoms with van der Waals surface area (Å²) < 4.78 is 0. The Balaban J connectivity index is 1.61. The number of hydrogen-bond donors (Lipinski definition) is 1. The van der Waals surface area contributed by atoms with E-state index in [2.05, 4.69) is 21.9 Å². The normalized spacial score (nSPS) is 15.7. The van der Waals surface area contributed by atoms with Gasteiger partial charge in [0.05, 0.1) is 4.92 Å². The number of rotatable bonds is 6. The third kappa shape index (κ3) is 4.44. The summed E-state index contributed by atoms with van der Waals surface area (Å²) in [6, 6.07) is 14.8. The molecule has 7 heteroatoms. The van der Waals surface area contributed by atoms with E-state index in [9.17, 15) is 14.9 Å². The fourth-order valence-electron chi connectivity index (χ4n) is 3.21. The molecule has 2 aromatic carbocycles. The van der Waals surface area contributed by atoms with Crippen molar-refractivity contribution in [3.63, 3.8) is 0 Å². The maximum absolute atomic E-state index is 11.3. The van der Waals surface area contributed by atoms with Crippen molar-refractivity contribution >= 4 is 11.6 Å². The molecule has 26 heavy (non-hydrogen) atoms. The summed E-state index contributed by atoms with van der Waals surface area (Å²) in [5, 5.41) is 11.3. The molecule has 1 aliphatic heterocycles. The second-order valence-corrected chi connectivity index (χ2v) is 6.50. The molecule has 2 aromatic rings. The zero-order valence-electron chi connectivity index (χ0n) is 14.5. The number of nitro benzene ring substituents is 1. The van der Waals surface area contributed by atoms with Crippen LogP contribution in [-0.2, 0) is 13.1 Å². The lowest BCUT2D eigenvalue weighted by Gasteiger charge is -2.34. The molecule has 0 spiro atoms. The number of primary amides is 1. The lowest BCUT2D eigenvalue weighted by molar-refractivity contribution is -0.385. The van der Waals surface area contributed by atoms with E-state index in [0.29, 0.717) is 12.1 Å². The minimum absolute atomic E-state index is 0.0481. The van der Waals surface area contributed by atoms with Gasteiger partial charge in [-0.15, -0.1) is 0 Å². The van der Waals surface area contributed by atoms with Crippen LogP contribution in [0.15, 0.2) is 48.5 Å². The van der Waals surface area contributed by atoms with Crippen molar-refractivity contribution in [1.82, 2.24) is 9.80 Å². The van der Waals surface area contributed by atoms with Crippen LogP contribution in [0.2, 0.25) is 0 Å². The van der Waals surface area contributed by atoms with Crippen LogP contribution in [0.3, 0.4) is 0 Å². The summed E-state index contributed by atoms with van der Waals surface area (Å²) in [6.45, 7) is 4.95. The van der Waals surface area contributed by atoms with Crippen molar-refractivity contribution in [1.29, 1.82) is 0 Å². The van der Waals surface area contributed by atoms with Crippen LogP contribution < -0.4 is 5.73 Å². The van der Waals surface area contributed by atoms with E-state index >= 15 is 0 Å². The van der Waals surface area contributed by atoms with Crippen molar-refractivity contribution < 1.29 is 9.72 Å². The van der Waals surface area contributed by atoms with Crippen LogP contribution in [-0.4, -0.2) is 46.8 Å². The first-order valence-corrected chi connectivity index (χ1v) is 8.58. The third-order valence-electron chi connectivity index (χ3n) is 4.67. The molecule has 0 radical (unpaired) electrons. The molecule has 1 saturated heterocycles. The highest BCUT2D eigenvalue weighted by molar-refractivity contribution is 5.93. The first kappa shape index (κ1) is 18.0. The van der Waals surface area contributed by atoms with E-state index < -0.39 is 10.8 Å². The summed E-state index contributed by atoms with van der Waals surface area (Å²) in [5.41, 5.74) is 7.23. The van der Waals surface area contributed by atoms with Crippen LogP contribution in [0.4, 0.5) is 5.69 Å². The molecule has 0 saturated carbocycles. The number of nitrogens with two attached hydrogens (primary N) is 1. The number of carbonyl (C=O) groups excluding carboxylic acids is 1. The number of carbonyl (C=O) groups is 1. The zero-order valence-corrected chi connectivity index (χ0v) is 14.5. The van der Waals surface area contributed by atoms with Gasteiger partial charge in [0.15, 0.2) is 0 Å². The molecular weight excluding hydrogens is 332 g/mol. The Bertz CT molecular complexity index is 787. The van der Waals surface area contributed by atoms with Gasteiger partial charge in [-0.25, -0.2) is 0 Å². The minimum Gasteiger partial charge on any atom is -0.366 e. The standard InChI is InChI=1S/C19H22N4O3/c20-19(24)16-6-7-17(18(12-16)23(25)26)14-22-10-8-21(9-11-22)13-15-4-2-1-3-5-15/h1-7,12H,8-11,13-14H2,(H2,20,24). The van der Waals surface area contributed by atoms with Crippen LogP contribution in [0.1, 0.15) is 21.5 Å². The molecule has 1 heterocycles. The zero-order chi connectivity index (χ0) is 18.5. The predicted octanol–water partition coefficient (Wildman–Crippen LogP) is 2.01. The topological polar surface area (TPSA) is 92.7 Å². The molecule has 0 unspecified atom stereocenters. The van der Waals surface area contributed by atoms with Gasteiger partial charge in [0, 0.05) is 56.5 Å². The van der Waals surface area contributed by atoms with E-state index in [-0.39, 0.29) is 11.3 Å². The highest BCUT2D eigenvalue weighted by Crippen LogP contribution is 2.22. The van der Waals surface area contributed by atoms with Gasteiger partial charge in [-0.05, 0) is 11.6 Å². The van der Waals surface area contributed by atoms with Gasteiger partial charge >= 0.3 is 0 Å². The third-order valence-corrected chi connectivity index (χ3v) is 4.67. The second kappa shape index (κ2) is 8.07. The summed E-state index contributed by atoms with van der Waals surface area (Å²) in [5.74, 6) is -0.658. The van der Waals surface area contributed by atoms with Crippen molar-refractivity contribution in [2.24, 2.45) is 5.73 Å². The van der Waals surface area contributed by atoms with E-state index in [0.717, 1.165) is 32.7 Å². The van der Waals surface area contributed by atoms with Gasteiger partial charge in [-0.1, -0.05) is 36.4 Å². The van der Waals surface area contributed by atoms with E-state index in [1.54, 1.807) is 12.1 Å². The number of amides is 1. The van der Waals surface area contributed by atoms with Gasteiger partial charge in [0.2, 0.25) is 5.91 Å². The van der Waals surface area contributed by atoms with Gasteiger partial charge in [0.25, 0.3) is 5.69 Å². The summed E-state index contributed by atoms with van der Waals surface area (Å²) in [7, 11) is 0. The Kier molecular flexibility index (Phi) is 5.60. The minimum atomic E-state index is -0.658. The van der Waals surface area contributed by atoms with Crippen LogP contribution in [0, 0.1) is 10.1 Å². The molecule has 3 rings (SSSR count). The smallest absolute Gasteiger partial charge is 0.274 e. The molecule has 1 amide bonds. The molecule has 7 nitrogen and oxygen atoms in total. The van der Waals surface area contributed by atoms with Crippen molar-refractivity contribution in [2.75, 3.05) is 26.2 Å². The van der Waals surface area contributed by atoms with E-state index in [1.165, 1.54) is 11.6 Å². The van der Waals surface area contributed by atoms with Gasteiger partial charge in [-0.2, -0.15) is 0 Å². The molecule has 1 aliphatic rings. The Morgan fingerprint density at radius 1 is 1.00 bits per heavy atom. The summed E-state index contributed by atoms with van der Waals surface area (Å²) >= 11 is 0. The lowest BCUT2D eigenvalue weighted by atomic mass is 10.1. The van der Waals surface area contributed by atoms with Crippen molar-refractivity contribution in [3.05, 3.63) is 75.3 Å². The molecule has 0 aromatic heterocycles. The highest BCUT2D eigenvalue weighted by atomic mass is 16.6. The average Bonchev–Trinajstić information content (AvgIpc) is 2.64. The summed E-state index contributed by atoms with van der Waals surface area (Å²) in [6.07, 6.45) is 0. The Morgan fingerprint density at radius 3 is 2.19 bits per heavy atom. The van der Waals surface area contributed by atoms with Gasteiger partial charge in [-0.3, -0.25) is 24.7 Å². The number of nitrogens with zero attached hydrogens (tertiary/aromatic N) is 3. The van der Waals surface area contributed by atoms with E-state index in [1.807, 2.05) is 18.2 Å². The first-order chi connectivity index (χ1) is 12.5. The monoisotopic (exact) mass is 354 g/mol. The average molecular weight is 354 g/mol. The number of hydrogen-bond acceptors (Lipinski definition) is 5. The molecule has 1 fully saturated rings. The Morgan fingerprint density at radius 2 is 1.62 bits per heavy atom. The molecule has 136 valence electrons. The lowest BCUT2D eigenvalue weighted by Crippen LogP contribution is -2.45. The maximum Gasteiger partial charge on any atom is 0.274 e. The fourth-order valence-corrected chi connectivity index (χ4v) is 3.21. The first-order valence-electron chi connectivity index (χ1n) is 8.58. The maximum atomic E-state index is 11.3. The van der Waals surface area contributed by atoms with Crippen molar-refractivity contribution in [3.8, 4) is 0 Å². The Hall–Kier alpha value is -2.77. The highest BCUT2D eigenvalue weighted by Gasteiger charge is 2.22. The molecule has 2 N–H and O–H groups in total. The SMILES string of the molecule is NC(=O)c1ccc(CN2CCN(Cc3ccccc3)CC2)c([N+](=O)[O-])c1. The van der Waals surface area contributed by atoms with Crippen molar-refractivity contribution in [2.45, 2.75) is 13.1 Å². The predicted molar refractivity (Wildman–Crippen MR) is 98.6 cm³/mol. The van der Waals surface area contributed by atoms with Crippen LogP contribution in [0.25, 0.3) is 0 Å².